The molecule has 0 bridgehead atoms. The highest BCUT2D eigenvalue weighted by Crippen LogP contribution is 2.33. The summed E-state index contributed by atoms with van der Waals surface area (Å²) >= 11 is 6.16. The average Bonchev–Trinajstić information content (AvgIpc) is 3.21. The zero-order valence-corrected chi connectivity index (χ0v) is 14.7. The third-order valence-corrected chi connectivity index (χ3v) is 4.41. The zero-order valence-electron chi connectivity index (χ0n) is 13.9. The molecular formula is C21H14ClNO3. The highest BCUT2D eigenvalue weighted by molar-refractivity contribution is 6.31. The molecule has 4 rings (SSSR count). The van der Waals surface area contributed by atoms with Crippen molar-refractivity contribution < 1.29 is 13.9 Å². The molecule has 0 aliphatic carbocycles. The predicted octanol–water partition coefficient (Wildman–Crippen LogP) is 5.39. The van der Waals surface area contributed by atoms with Gasteiger partial charge in [0.05, 0.1) is 24.5 Å². The van der Waals surface area contributed by atoms with E-state index in [0.717, 1.165) is 22.0 Å². The van der Waals surface area contributed by atoms with Crippen LogP contribution in [-0.4, -0.2) is 17.9 Å². The first kappa shape index (κ1) is 16.4. The highest BCUT2D eigenvalue weighted by atomic mass is 35.5. The molecule has 0 spiro atoms. The molecule has 4 aromatic rings. The molecule has 0 N–H and O–H groups in total. The molecule has 0 fully saturated rings. The van der Waals surface area contributed by atoms with Gasteiger partial charge in [0.1, 0.15) is 6.26 Å². The minimum atomic E-state index is -0.103. The minimum absolute atomic E-state index is 0.103. The van der Waals surface area contributed by atoms with Crippen LogP contribution in [0.2, 0.25) is 5.02 Å². The van der Waals surface area contributed by atoms with E-state index in [-0.39, 0.29) is 5.78 Å². The molecule has 4 nitrogen and oxygen atoms in total. The van der Waals surface area contributed by atoms with Crippen LogP contribution < -0.4 is 4.74 Å². The molecule has 2 aromatic carbocycles. The number of halogens is 1. The summed E-state index contributed by atoms with van der Waals surface area (Å²) in [6.45, 7) is 0. The second kappa shape index (κ2) is 6.65. The number of carbonyl (C=O) groups is 1. The lowest BCUT2D eigenvalue weighted by Gasteiger charge is -2.11. The van der Waals surface area contributed by atoms with E-state index >= 15 is 0 Å². The molecule has 0 aliphatic rings. The highest BCUT2D eigenvalue weighted by Gasteiger charge is 2.14. The summed E-state index contributed by atoms with van der Waals surface area (Å²) in [5.74, 6) is 0.398. The number of methoxy groups -OCH3 is 1. The van der Waals surface area contributed by atoms with Crippen molar-refractivity contribution >= 4 is 28.3 Å². The van der Waals surface area contributed by atoms with Crippen LogP contribution in [0.15, 0.2) is 71.5 Å². The maximum Gasteiger partial charge on any atom is 0.214 e. The van der Waals surface area contributed by atoms with Crippen LogP contribution >= 0.6 is 11.6 Å². The van der Waals surface area contributed by atoms with Crippen LogP contribution in [0.25, 0.3) is 22.0 Å². The summed E-state index contributed by atoms with van der Waals surface area (Å²) in [5, 5.41) is 1.49. The van der Waals surface area contributed by atoms with Crippen LogP contribution in [0.3, 0.4) is 0 Å². The number of benzene rings is 2. The summed E-state index contributed by atoms with van der Waals surface area (Å²) in [5.41, 5.74) is 3.64. The number of ether oxygens (including phenoxy) is 1. The Balaban J connectivity index is 1.93. The van der Waals surface area contributed by atoms with Crippen LogP contribution in [-0.2, 0) is 0 Å². The largest absolute Gasteiger partial charge is 0.481 e. The van der Waals surface area contributed by atoms with Crippen molar-refractivity contribution in [2.24, 2.45) is 0 Å². The molecule has 5 heteroatoms. The van der Waals surface area contributed by atoms with Crippen molar-refractivity contribution in [2.45, 2.75) is 0 Å². The fourth-order valence-electron chi connectivity index (χ4n) is 2.90. The lowest BCUT2D eigenvalue weighted by Crippen LogP contribution is -2.00. The van der Waals surface area contributed by atoms with Gasteiger partial charge in [-0.1, -0.05) is 23.7 Å². The molecule has 2 aromatic heterocycles. The number of fused-ring (bicyclic) bond motifs is 1. The van der Waals surface area contributed by atoms with Gasteiger partial charge in [0.2, 0.25) is 5.88 Å². The van der Waals surface area contributed by atoms with Gasteiger partial charge in [0.25, 0.3) is 0 Å². The van der Waals surface area contributed by atoms with Gasteiger partial charge < -0.3 is 9.15 Å². The van der Waals surface area contributed by atoms with Crippen molar-refractivity contribution in [3.8, 4) is 17.0 Å². The number of ketones is 1. The summed E-state index contributed by atoms with van der Waals surface area (Å²) in [7, 11) is 1.58. The molecular weight excluding hydrogens is 350 g/mol. The first-order valence-electron chi connectivity index (χ1n) is 7.97. The SMILES string of the molecule is COc1cc(-c2cccc(Cl)c2)c2cc(C(=O)c3ccoc3)ccc2n1. The van der Waals surface area contributed by atoms with Crippen molar-refractivity contribution in [3.63, 3.8) is 0 Å². The van der Waals surface area contributed by atoms with Gasteiger partial charge in [-0.15, -0.1) is 0 Å². The maximum absolute atomic E-state index is 12.6. The molecule has 128 valence electrons. The van der Waals surface area contributed by atoms with Crippen molar-refractivity contribution in [3.05, 3.63) is 83.3 Å². The summed E-state index contributed by atoms with van der Waals surface area (Å²) in [4.78, 5) is 17.1. The minimum Gasteiger partial charge on any atom is -0.481 e. The van der Waals surface area contributed by atoms with E-state index in [1.807, 2.05) is 42.5 Å². The first-order valence-corrected chi connectivity index (χ1v) is 8.35. The molecule has 0 unspecified atom stereocenters. The Morgan fingerprint density at radius 2 is 1.96 bits per heavy atom. The molecule has 0 amide bonds. The number of pyridine rings is 1. The summed E-state index contributed by atoms with van der Waals surface area (Å²) in [6.07, 6.45) is 2.93. The van der Waals surface area contributed by atoms with Gasteiger partial charge in [-0.2, -0.15) is 0 Å². The van der Waals surface area contributed by atoms with Crippen LogP contribution in [0.4, 0.5) is 0 Å². The van der Waals surface area contributed by atoms with Gasteiger partial charge in [-0.25, -0.2) is 4.98 Å². The number of nitrogens with zero attached hydrogens (tertiary/aromatic N) is 1. The molecule has 26 heavy (non-hydrogen) atoms. The van der Waals surface area contributed by atoms with Crippen LogP contribution in [0, 0.1) is 0 Å². The Hall–Kier alpha value is -3.11. The van der Waals surface area contributed by atoms with E-state index in [0.29, 0.717) is 22.0 Å². The van der Waals surface area contributed by atoms with E-state index in [1.165, 1.54) is 12.5 Å². The molecule has 0 saturated heterocycles. The van der Waals surface area contributed by atoms with Gasteiger partial charge in [-0.05, 0) is 47.5 Å². The van der Waals surface area contributed by atoms with Crippen LogP contribution in [0.5, 0.6) is 5.88 Å². The first-order chi connectivity index (χ1) is 12.7. The smallest absolute Gasteiger partial charge is 0.214 e. The Labute approximate surface area is 155 Å². The normalized spacial score (nSPS) is 10.8. The number of hydrogen-bond acceptors (Lipinski definition) is 4. The number of rotatable bonds is 4. The Morgan fingerprint density at radius 1 is 1.08 bits per heavy atom. The number of carbonyl (C=O) groups excluding carboxylic acids is 1. The number of furan rings is 1. The van der Waals surface area contributed by atoms with Crippen LogP contribution in [0.1, 0.15) is 15.9 Å². The monoisotopic (exact) mass is 363 g/mol. The molecule has 0 aliphatic heterocycles. The fraction of sp³-hybridized carbons (Fsp3) is 0.0476. The van der Waals surface area contributed by atoms with Gasteiger partial charge in [-0.3, -0.25) is 4.79 Å². The third-order valence-electron chi connectivity index (χ3n) is 4.18. The summed E-state index contributed by atoms with van der Waals surface area (Å²) < 4.78 is 10.3. The van der Waals surface area contributed by atoms with Crippen molar-refractivity contribution in [1.82, 2.24) is 4.98 Å². The standard InChI is InChI=1S/C21H14ClNO3/c1-25-20-11-17(13-3-2-4-16(22)9-13)18-10-14(5-6-19(18)23-20)21(24)15-7-8-26-12-15/h2-12H,1H3. The lowest BCUT2D eigenvalue weighted by molar-refractivity contribution is 0.103. The summed E-state index contributed by atoms with van der Waals surface area (Å²) in [6, 6.07) is 16.5. The van der Waals surface area contributed by atoms with Crippen molar-refractivity contribution in [1.29, 1.82) is 0 Å². The lowest BCUT2D eigenvalue weighted by atomic mass is 9.97. The Kier molecular flexibility index (Phi) is 4.19. The second-order valence-electron chi connectivity index (χ2n) is 5.80. The quantitative estimate of drug-likeness (QED) is 0.456. The van der Waals surface area contributed by atoms with Gasteiger partial charge >= 0.3 is 0 Å². The zero-order chi connectivity index (χ0) is 18.1. The predicted molar refractivity (Wildman–Crippen MR) is 101 cm³/mol. The van der Waals surface area contributed by atoms with E-state index in [4.69, 9.17) is 20.8 Å². The average molecular weight is 364 g/mol. The van der Waals surface area contributed by atoms with Gasteiger partial charge in [0, 0.05) is 22.0 Å². The molecule has 0 saturated carbocycles. The van der Waals surface area contributed by atoms with E-state index in [1.54, 1.807) is 19.2 Å². The van der Waals surface area contributed by atoms with Crippen molar-refractivity contribution in [2.75, 3.05) is 7.11 Å². The Bertz CT molecular complexity index is 1100. The van der Waals surface area contributed by atoms with Gasteiger partial charge in [0.15, 0.2) is 5.78 Å². The van der Waals surface area contributed by atoms with E-state index in [2.05, 4.69) is 4.98 Å². The van der Waals surface area contributed by atoms with E-state index in [9.17, 15) is 4.79 Å². The topological polar surface area (TPSA) is 52.3 Å². The fourth-order valence-corrected chi connectivity index (χ4v) is 3.09. The van der Waals surface area contributed by atoms with E-state index < -0.39 is 0 Å². The maximum atomic E-state index is 12.6. The molecule has 0 atom stereocenters. The molecule has 2 heterocycles. The number of aromatic nitrogens is 1. The third kappa shape index (κ3) is 2.95. The Morgan fingerprint density at radius 3 is 2.69 bits per heavy atom. The number of hydrogen-bond donors (Lipinski definition) is 0. The second-order valence-corrected chi connectivity index (χ2v) is 6.23. The molecule has 0 radical (unpaired) electrons.